The quantitative estimate of drug-likeness (QED) is 0.672. The van der Waals surface area contributed by atoms with Crippen LogP contribution < -0.4 is 0 Å². The molecule has 0 unspecified atom stereocenters. The second kappa shape index (κ2) is 7.37. The Kier molecular flexibility index (Phi) is 5.05. The molecule has 162 valence electrons. The van der Waals surface area contributed by atoms with Crippen LogP contribution in [-0.4, -0.2) is 46.7 Å². The van der Waals surface area contributed by atoms with Gasteiger partial charge in [0.1, 0.15) is 5.76 Å². The fourth-order valence-electron chi connectivity index (χ4n) is 6.03. The second-order valence-electron chi connectivity index (χ2n) is 9.27. The highest BCUT2D eigenvalue weighted by Gasteiger charge is 2.66. The minimum atomic E-state index is -0.464. The largest absolute Gasteiger partial charge is 0.511 e. The van der Waals surface area contributed by atoms with E-state index < -0.39 is 5.60 Å². The number of aliphatic hydroxyl groups excluding tert-OH is 1. The average Bonchev–Trinajstić information content (AvgIpc) is 3.29. The van der Waals surface area contributed by atoms with Gasteiger partial charge in [0.25, 0.3) is 0 Å². The Hall–Kier alpha value is -1.34. The first-order chi connectivity index (χ1) is 14.3. The summed E-state index contributed by atoms with van der Waals surface area (Å²) in [6.07, 6.45) is 2.39. The zero-order chi connectivity index (χ0) is 21.2. The molecular formula is C24H30O5S. The van der Waals surface area contributed by atoms with Crippen LogP contribution in [0.3, 0.4) is 0 Å². The Labute approximate surface area is 182 Å². The molecule has 5 nitrogen and oxygen atoms in total. The van der Waals surface area contributed by atoms with Crippen molar-refractivity contribution in [2.24, 2.45) is 11.8 Å². The first-order valence-electron chi connectivity index (χ1n) is 10.9. The fraction of sp³-hybridized carbons (Fsp3) is 0.625. The molecular weight excluding hydrogens is 400 g/mol. The van der Waals surface area contributed by atoms with Gasteiger partial charge < -0.3 is 19.3 Å². The van der Waals surface area contributed by atoms with E-state index in [2.05, 4.69) is 19.1 Å². The Morgan fingerprint density at radius 3 is 2.57 bits per heavy atom. The number of ketones is 1. The van der Waals surface area contributed by atoms with E-state index in [0.717, 1.165) is 47.5 Å². The smallest absolute Gasteiger partial charge is 0.173 e. The first-order valence-corrected chi connectivity index (χ1v) is 12.1. The summed E-state index contributed by atoms with van der Waals surface area (Å²) in [5.74, 6) is 1.53. The summed E-state index contributed by atoms with van der Waals surface area (Å²) < 4.78 is 17.4. The van der Waals surface area contributed by atoms with E-state index in [9.17, 15) is 9.90 Å². The number of hydrogen-bond donors (Lipinski definition) is 1. The van der Waals surface area contributed by atoms with E-state index in [0.29, 0.717) is 5.57 Å². The van der Waals surface area contributed by atoms with Gasteiger partial charge in [0.15, 0.2) is 18.4 Å². The molecule has 3 saturated heterocycles. The molecule has 3 heterocycles. The number of hydrogen-bond acceptors (Lipinski definition) is 6. The van der Waals surface area contributed by atoms with Crippen LogP contribution in [0.4, 0.5) is 0 Å². The second-order valence-corrected chi connectivity index (χ2v) is 10.4. The van der Waals surface area contributed by atoms with Crippen LogP contribution in [-0.2, 0) is 19.0 Å². The third-order valence-electron chi connectivity index (χ3n) is 7.12. The van der Waals surface area contributed by atoms with E-state index >= 15 is 0 Å². The number of carbonyl (C=O) groups is 1. The van der Waals surface area contributed by atoms with Gasteiger partial charge in [0.2, 0.25) is 0 Å². The molecule has 1 aliphatic carbocycles. The van der Waals surface area contributed by atoms with Gasteiger partial charge in [-0.2, -0.15) is 11.8 Å². The number of rotatable bonds is 6. The van der Waals surface area contributed by atoms with Gasteiger partial charge in [-0.25, -0.2) is 0 Å². The molecule has 4 atom stereocenters. The molecule has 0 aromatic heterocycles. The van der Waals surface area contributed by atoms with Crippen molar-refractivity contribution in [2.75, 3.05) is 11.5 Å². The molecule has 0 radical (unpaired) electrons. The molecule has 0 saturated carbocycles. The highest BCUT2D eigenvalue weighted by molar-refractivity contribution is 7.99. The maximum atomic E-state index is 13.7. The third kappa shape index (κ3) is 3.07. The van der Waals surface area contributed by atoms with Crippen molar-refractivity contribution in [3.63, 3.8) is 0 Å². The number of fused-ring (bicyclic) bond motifs is 5. The maximum Gasteiger partial charge on any atom is 0.173 e. The molecule has 4 aliphatic rings. The molecule has 1 aromatic carbocycles. The number of allylic oxidation sites excluding steroid dienone is 1. The third-order valence-corrected chi connectivity index (χ3v) is 8.34. The summed E-state index contributed by atoms with van der Waals surface area (Å²) in [7, 11) is 0. The monoisotopic (exact) mass is 430 g/mol. The minimum absolute atomic E-state index is 0.0535. The normalized spacial score (nSPS) is 37.1. The number of thioether (sulfide) groups is 1. The predicted octanol–water partition coefficient (Wildman–Crippen LogP) is 4.47. The van der Waals surface area contributed by atoms with E-state index in [-0.39, 0.29) is 42.1 Å². The van der Waals surface area contributed by atoms with Gasteiger partial charge in [-0.15, -0.1) is 0 Å². The van der Waals surface area contributed by atoms with Crippen molar-refractivity contribution in [3.05, 3.63) is 40.1 Å². The summed E-state index contributed by atoms with van der Waals surface area (Å²) >= 11 is 1.80. The van der Waals surface area contributed by atoms with E-state index in [1.165, 1.54) is 5.56 Å². The van der Waals surface area contributed by atoms with Gasteiger partial charge >= 0.3 is 0 Å². The zero-order valence-electron chi connectivity index (χ0n) is 18.1. The van der Waals surface area contributed by atoms with Gasteiger partial charge in [0, 0.05) is 12.2 Å². The molecule has 1 aromatic rings. The van der Waals surface area contributed by atoms with Crippen molar-refractivity contribution < 1.29 is 24.1 Å². The molecule has 0 amide bonds. The molecule has 0 spiro atoms. The van der Waals surface area contributed by atoms with Crippen molar-refractivity contribution in [3.8, 4) is 0 Å². The fourth-order valence-corrected chi connectivity index (χ4v) is 7.27. The molecule has 6 heteroatoms. The van der Waals surface area contributed by atoms with E-state index in [1.54, 1.807) is 11.8 Å². The van der Waals surface area contributed by atoms with Crippen LogP contribution in [0.2, 0.25) is 0 Å². The lowest BCUT2D eigenvalue weighted by Gasteiger charge is -2.34. The highest BCUT2D eigenvalue weighted by atomic mass is 32.2. The average molecular weight is 431 g/mol. The van der Waals surface area contributed by atoms with Crippen molar-refractivity contribution >= 4 is 23.1 Å². The van der Waals surface area contributed by atoms with Gasteiger partial charge in [0.05, 0.1) is 29.1 Å². The molecule has 1 N–H and O–H groups in total. The van der Waals surface area contributed by atoms with Crippen LogP contribution >= 0.6 is 11.8 Å². The predicted molar refractivity (Wildman–Crippen MR) is 116 cm³/mol. The van der Waals surface area contributed by atoms with Gasteiger partial charge in [-0.05, 0) is 63.0 Å². The summed E-state index contributed by atoms with van der Waals surface area (Å²) in [6, 6.07) is 4.18. The molecule has 3 fully saturated rings. The molecule has 2 bridgehead atoms. The van der Waals surface area contributed by atoms with Gasteiger partial charge in [-0.1, -0.05) is 17.7 Å². The number of aliphatic hydroxyl groups is 1. The molecule has 3 aliphatic heterocycles. The lowest BCUT2D eigenvalue weighted by Crippen LogP contribution is -2.43. The van der Waals surface area contributed by atoms with Gasteiger partial charge in [-0.3, -0.25) is 4.79 Å². The minimum Gasteiger partial charge on any atom is -0.511 e. The van der Waals surface area contributed by atoms with Crippen LogP contribution in [0.1, 0.15) is 48.4 Å². The SMILES string of the molecule is Cc1cc(C)c(C2=C(O)[C@H]3[C@@H]4CC[C@@](CSCCC5OC(C)O5)(O4)[C@H]3C2=O)c(C)c1. The Balaban J connectivity index is 1.36. The topological polar surface area (TPSA) is 65.0 Å². The molecule has 5 rings (SSSR count). The van der Waals surface area contributed by atoms with E-state index in [1.807, 2.05) is 20.8 Å². The summed E-state index contributed by atoms with van der Waals surface area (Å²) in [6.45, 7) is 8.01. The van der Waals surface area contributed by atoms with Crippen LogP contribution in [0.25, 0.3) is 5.57 Å². The number of aryl methyl sites for hydroxylation is 3. The van der Waals surface area contributed by atoms with Crippen LogP contribution in [0.5, 0.6) is 0 Å². The number of Topliss-reactive ketones (excluding diaryl/α,β-unsaturated/α-hetero) is 1. The van der Waals surface area contributed by atoms with Crippen molar-refractivity contribution in [1.29, 1.82) is 0 Å². The van der Waals surface area contributed by atoms with E-state index in [4.69, 9.17) is 14.2 Å². The first kappa shape index (κ1) is 20.6. The van der Waals surface area contributed by atoms with Crippen molar-refractivity contribution in [1.82, 2.24) is 0 Å². The Morgan fingerprint density at radius 1 is 1.20 bits per heavy atom. The molecule has 30 heavy (non-hydrogen) atoms. The lowest BCUT2D eigenvalue weighted by atomic mass is 9.73. The number of ether oxygens (including phenoxy) is 3. The van der Waals surface area contributed by atoms with Crippen molar-refractivity contribution in [2.45, 2.75) is 71.2 Å². The summed E-state index contributed by atoms with van der Waals surface area (Å²) in [4.78, 5) is 13.7. The number of benzene rings is 1. The Morgan fingerprint density at radius 2 is 1.90 bits per heavy atom. The standard InChI is InChI=1S/C24H30O5S/c1-12-9-13(2)18(14(3)10-12)20-22(25)19-16-5-7-24(29-16,21(19)23(20)26)11-30-8-6-17-27-15(4)28-17/h9-10,15-17,19,21,25H,5-8,11H2,1-4H3/t15?,16-,17?,19-,21+,24-/m0/s1. The Bertz CT molecular complexity index is 895. The highest BCUT2D eigenvalue weighted by Crippen LogP contribution is 2.60. The van der Waals surface area contributed by atoms with Crippen LogP contribution in [0.15, 0.2) is 17.9 Å². The lowest BCUT2D eigenvalue weighted by molar-refractivity contribution is -0.375. The number of carbonyl (C=O) groups excluding carboxylic acids is 1. The summed E-state index contributed by atoms with van der Waals surface area (Å²) in [5, 5.41) is 11.2. The summed E-state index contributed by atoms with van der Waals surface area (Å²) in [5.41, 5.74) is 4.25. The maximum absolute atomic E-state index is 13.7. The van der Waals surface area contributed by atoms with Crippen LogP contribution in [0, 0.1) is 32.6 Å². The zero-order valence-corrected chi connectivity index (χ0v) is 18.9.